The summed E-state index contributed by atoms with van der Waals surface area (Å²) >= 11 is 0. The van der Waals surface area contributed by atoms with Crippen molar-refractivity contribution in [3.05, 3.63) is 82.9 Å². The smallest absolute Gasteiger partial charge is 0.111 e. The summed E-state index contributed by atoms with van der Waals surface area (Å²) in [4.78, 5) is 0. The van der Waals surface area contributed by atoms with Crippen molar-refractivity contribution in [3.8, 4) is 0 Å². The predicted octanol–water partition coefficient (Wildman–Crippen LogP) is 3.32. The van der Waals surface area contributed by atoms with E-state index in [4.69, 9.17) is 4.74 Å². The van der Waals surface area contributed by atoms with E-state index < -0.39 is 0 Å². The maximum Gasteiger partial charge on any atom is 0.111 e. The molecule has 112 valence electrons. The van der Waals surface area contributed by atoms with Gasteiger partial charge in [0.2, 0.25) is 0 Å². The molecule has 2 heterocycles. The fourth-order valence-electron chi connectivity index (χ4n) is 3.49. The van der Waals surface area contributed by atoms with Crippen molar-refractivity contribution in [2.75, 3.05) is 6.61 Å². The molecule has 3 aliphatic rings. The molecule has 0 saturated carbocycles. The summed E-state index contributed by atoms with van der Waals surface area (Å²) in [6, 6.07) is 11.2. The highest BCUT2D eigenvalue weighted by atomic mass is 16.5. The van der Waals surface area contributed by atoms with Gasteiger partial charge in [-0.15, -0.1) is 0 Å². The molecule has 0 spiro atoms. The number of nitrogens with one attached hydrogen (secondary N) is 2. The topological polar surface area (TPSA) is 33.3 Å². The fraction of sp³-hybridized carbons (Fsp3) is 0.263. The molecule has 3 heteroatoms. The number of rotatable bonds is 3. The molecule has 2 N–H and O–H groups in total. The summed E-state index contributed by atoms with van der Waals surface area (Å²) in [7, 11) is 0. The Hall–Kier alpha value is -2.26. The van der Waals surface area contributed by atoms with E-state index in [1.807, 2.05) is 12.3 Å². The number of dihydropyridines is 1. The van der Waals surface area contributed by atoms with Crippen LogP contribution in [0.1, 0.15) is 24.9 Å². The van der Waals surface area contributed by atoms with Gasteiger partial charge in [-0.05, 0) is 41.7 Å². The Morgan fingerprint density at radius 1 is 1.23 bits per heavy atom. The largest absolute Gasteiger partial charge is 0.497 e. The minimum absolute atomic E-state index is 0.316. The van der Waals surface area contributed by atoms with Crippen LogP contribution in [0.15, 0.2) is 77.4 Å². The second-order valence-electron chi connectivity index (χ2n) is 6.01. The van der Waals surface area contributed by atoms with Crippen LogP contribution in [0.25, 0.3) is 0 Å². The minimum Gasteiger partial charge on any atom is -0.497 e. The quantitative estimate of drug-likeness (QED) is 0.896. The first-order chi connectivity index (χ1) is 10.8. The van der Waals surface area contributed by atoms with E-state index in [1.165, 1.54) is 27.9 Å². The van der Waals surface area contributed by atoms with Crippen LogP contribution in [-0.4, -0.2) is 12.6 Å². The highest BCUT2D eigenvalue weighted by molar-refractivity contribution is 5.61. The SMILES string of the molecule is C[C@@H](N[C@@H]1CC2=CNC=C3C=COCC1=C32)c1ccccc1. The number of hydrogen-bond donors (Lipinski definition) is 2. The average molecular weight is 292 g/mol. The first kappa shape index (κ1) is 13.4. The Morgan fingerprint density at radius 3 is 2.95 bits per heavy atom. The molecule has 1 aromatic carbocycles. The molecule has 22 heavy (non-hydrogen) atoms. The molecule has 0 fully saturated rings. The van der Waals surface area contributed by atoms with Gasteiger partial charge in [0.05, 0.1) is 6.26 Å². The lowest BCUT2D eigenvalue weighted by Gasteiger charge is -2.22. The van der Waals surface area contributed by atoms with Gasteiger partial charge in [-0.3, -0.25) is 0 Å². The Kier molecular flexibility index (Phi) is 3.35. The highest BCUT2D eigenvalue weighted by Crippen LogP contribution is 2.40. The maximum atomic E-state index is 5.66. The van der Waals surface area contributed by atoms with Crippen LogP contribution in [0.4, 0.5) is 0 Å². The van der Waals surface area contributed by atoms with Crippen molar-refractivity contribution in [3.63, 3.8) is 0 Å². The van der Waals surface area contributed by atoms with E-state index >= 15 is 0 Å². The van der Waals surface area contributed by atoms with Crippen LogP contribution < -0.4 is 10.6 Å². The summed E-state index contributed by atoms with van der Waals surface area (Å²) in [5.74, 6) is 0. The Labute approximate surface area is 131 Å². The number of hydrogen-bond acceptors (Lipinski definition) is 3. The molecule has 1 aromatic rings. The lowest BCUT2D eigenvalue weighted by atomic mass is 9.98. The van der Waals surface area contributed by atoms with E-state index in [-0.39, 0.29) is 0 Å². The van der Waals surface area contributed by atoms with E-state index in [0.717, 1.165) is 6.42 Å². The summed E-state index contributed by atoms with van der Waals surface area (Å²) in [5.41, 5.74) is 6.65. The molecule has 0 amide bonds. The predicted molar refractivity (Wildman–Crippen MR) is 87.8 cm³/mol. The molecule has 0 bridgehead atoms. The van der Waals surface area contributed by atoms with E-state index in [2.05, 4.69) is 54.1 Å². The summed E-state index contributed by atoms with van der Waals surface area (Å²) in [5, 5.41) is 7.03. The van der Waals surface area contributed by atoms with E-state index in [1.54, 1.807) is 6.26 Å². The van der Waals surface area contributed by atoms with Crippen LogP contribution in [-0.2, 0) is 4.74 Å². The number of allylic oxidation sites excluding steroid dienone is 3. The van der Waals surface area contributed by atoms with Crippen molar-refractivity contribution < 1.29 is 4.74 Å². The van der Waals surface area contributed by atoms with Crippen molar-refractivity contribution >= 4 is 0 Å². The summed E-state index contributed by atoms with van der Waals surface area (Å²) in [6.07, 6.45) is 9.03. The average Bonchev–Trinajstić information content (AvgIpc) is 2.76. The van der Waals surface area contributed by atoms with Gasteiger partial charge < -0.3 is 15.4 Å². The van der Waals surface area contributed by atoms with Crippen LogP contribution >= 0.6 is 0 Å². The van der Waals surface area contributed by atoms with Gasteiger partial charge in [0, 0.05) is 30.1 Å². The molecule has 2 aliphatic heterocycles. The monoisotopic (exact) mass is 292 g/mol. The van der Waals surface area contributed by atoms with Gasteiger partial charge in [0.25, 0.3) is 0 Å². The molecule has 2 atom stereocenters. The molecule has 1 aliphatic carbocycles. The highest BCUT2D eigenvalue weighted by Gasteiger charge is 2.33. The van der Waals surface area contributed by atoms with Gasteiger partial charge in [-0.25, -0.2) is 0 Å². The van der Waals surface area contributed by atoms with E-state index in [9.17, 15) is 0 Å². The third-order valence-electron chi connectivity index (χ3n) is 4.61. The second-order valence-corrected chi connectivity index (χ2v) is 6.01. The number of benzene rings is 1. The molecule has 0 radical (unpaired) electrons. The molecule has 0 aromatic heterocycles. The molecule has 4 rings (SSSR count). The Bertz CT molecular complexity index is 697. The maximum absolute atomic E-state index is 5.66. The normalized spacial score (nSPS) is 23.8. The first-order valence-corrected chi connectivity index (χ1v) is 7.81. The standard InChI is InChI=1S/C19H20N2O/c1-13(14-5-3-2-4-6-14)21-18-9-16-11-20-10-15-7-8-22-12-17(18)19(15)16/h2-8,10-11,13,18,20-21H,9,12H2,1H3/t13-,18-/m1/s1. The zero-order valence-electron chi connectivity index (χ0n) is 12.7. The van der Waals surface area contributed by atoms with Crippen molar-refractivity contribution in [1.82, 2.24) is 10.6 Å². The molecule has 3 nitrogen and oxygen atoms in total. The van der Waals surface area contributed by atoms with Gasteiger partial charge in [-0.2, -0.15) is 0 Å². The Balaban J connectivity index is 1.61. The van der Waals surface area contributed by atoms with Crippen LogP contribution in [0.2, 0.25) is 0 Å². The fourth-order valence-corrected chi connectivity index (χ4v) is 3.49. The molecule has 0 saturated heterocycles. The summed E-state index contributed by atoms with van der Waals surface area (Å²) < 4.78 is 5.66. The van der Waals surface area contributed by atoms with Crippen LogP contribution in [0.3, 0.4) is 0 Å². The zero-order valence-corrected chi connectivity index (χ0v) is 12.7. The van der Waals surface area contributed by atoms with Crippen molar-refractivity contribution in [1.29, 1.82) is 0 Å². The molecular weight excluding hydrogens is 272 g/mol. The molecule has 0 unspecified atom stereocenters. The van der Waals surface area contributed by atoms with Crippen molar-refractivity contribution in [2.45, 2.75) is 25.4 Å². The third kappa shape index (κ3) is 2.28. The minimum atomic E-state index is 0.316. The van der Waals surface area contributed by atoms with Gasteiger partial charge in [0.15, 0.2) is 0 Å². The third-order valence-corrected chi connectivity index (χ3v) is 4.61. The van der Waals surface area contributed by atoms with Crippen molar-refractivity contribution in [2.24, 2.45) is 0 Å². The first-order valence-electron chi connectivity index (χ1n) is 7.81. The van der Waals surface area contributed by atoms with Crippen LogP contribution in [0, 0.1) is 0 Å². The lowest BCUT2D eigenvalue weighted by Crippen LogP contribution is -2.32. The lowest BCUT2D eigenvalue weighted by molar-refractivity contribution is 0.271. The molecular formula is C19H20N2O. The van der Waals surface area contributed by atoms with Gasteiger partial charge >= 0.3 is 0 Å². The summed E-state index contributed by atoms with van der Waals surface area (Å²) in [6.45, 7) is 2.89. The second kappa shape index (κ2) is 5.50. The van der Waals surface area contributed by atoms with E-state index in [0.29, 0.717) is 18.7 Å². The number of ether oxygens (including phenoxy) is 1. The van der Waals surface area contributed by atoms with Gasteiger partial charge in [-0.1, -0.05) is 30.3 Å². The zero-order chi connectivity index (χ0) is 14.9. The van der Waals surface area contributed by atoms with Crippen LogP contribution in [0.5, 0.6) is 0 Å². The van der Waals surface area contributed by atoms with Gasteiger partial charge in [0.1, 0.15) is 6.61 Å². The Morgan fingerprint density at radius 2 is 2.09 bits per heavy atom.